The number of hydrogen-bond donors (Lipinski definition) is 1. The van der Waals surface area contributed by atoms with Crippen LogP contribution < -0.4 is 9.64 Å². The molecule has 0 saturated heterocycles. The molecule has 0 aliphatic carbocycles. The number of carboxylic acid groups (broad SMARTS) is 1. The van der Waals surface area contributed by atoms with Gasteiger partial charge in [-0.1, -0.05) is 0 Å². The number of carboxylic acids is 1. The highest BCUT2D eigenvalue weighted by Crippen LogP contribution is 2.50. The lowest BCUT2D eigenvalue weighted by atomic mass is 9.99. The number of aliphatic carboxylic acids is 1. The maximum absolute atomic E-state index is 15.6. The lowest BCUT2D eigenvalue weighted by Crippen LogP contribution is -2.40. The van der Waals surface area contributed by atoms with Crippen molar-refractivity contribution < 1.29 is 45.0 Å². The van der Waals surface area contributed by atoms with Gasteiger partial charge in [0, 0.05) is 24.7 Å². The van der Waals surface area contributed by atoms with E-state index in [9.17, 15) is 26.4 Å². The topological polar surface area (TPSA) is 83.9 Å². The van der Waals surface area contributed by atoms with Crippen molar-refractivity contribution >= 4 is 38.9 Å². The zero-order chi connectivity index (χ0) is 27.8. The first-order chi connectivity index (χ1) is 17.1. The molecule has 2 atom stereocenters. The van der Waals surface area contributed by atoms with Crippen LogP contribution in [0.1, 0.15) is 26.7 Å². The third-order valence-electron chi connectivity index (χ3n) is 6.04. The maximum Gasteiger partial charge on any atom is 0.354 e. The van der Waals surface area contributed by atoms with Crippen LogP contribution in [-0.2, 0) is 14.6 Å². The van der Waals surface area contributed by atoms with E-state index in [-0.39, 0.29) is 23.7 Å². The summed E-state index contributed by atoms with van der Waals surface area (Å²) in [5.41, 5.74) is 0.0315. The molecule has 0 aromatic heterocycles. The number of alkyl halides is 4. The molecule has 0 amide bonds. The Hall–Kier alpha value is -2.54. The first kappa shape index (κ1) is 29.0. The normalized spacial score (nSPS) is 19.6. The van der Waals surface area contributed by atoms with Crippen LogP contribution in [0.5, 0.6) is 5.75 Å². The number of thioether (sulfide) groups is 1. The van der Waals surface area contributed by atoms with E-state index in [1.165, 1.54) is 30.0 Å². The van der Waals surface area contributed by atoms with Crippen LogP contribution in [0.15, 0.2) is 46.2 Å². The number of carbonyl (C=O) groups is 1. The number of sulfone groups is 1. The van der Waals surface area contributed by atoms with Crippen LogP contribution in [0, 0.1) is 17.7 Å². The Labute approximate surface area is 215 Å². The molecule has 13 heteroatoms. The summed E-state index contributed by atoms with van der Waals surface area (Å²) in [6, 6.07) is 6.92. The lowest BCUT2D eigenvalue weighted by molar-refractivity contribution is -0.142. The van der Waals surface area contributed by atoms with Crippen molar-refractivity contribution in [3.63, 3.8) is 0 Å². The van der Waals surface area contributed by atoms with Crippen molar-refractivity contribution in [3.05, 3.63) is 42.2 Å². The Bertz CT molecular complexity index is 1250. The van der Waals surface area contributed by atoms with E-state index in [4.69, 9.17) is 9.84 Å². The molecule has 0 fully saturated rings. The van der Waals surface area contributed by atoms with Gasteiger partial charge in [-0.05, 0) is 56.9 Å². The van der Waals surface area contributed by atoms with E-state index in [0.29, 0.717) is 11.8 Å². The molecule has 204 valence electrons. The molecule has 0 bridgehead atoms. The monoisotopic (exact) mass is 567 g/mol. The molecule has 6 nitrogen and oxygen atoms in total. The van der Waals surface area contributed by atoms with Gasteiger partial charge in [-0.15, -0.1) is 11.8 Å². The van der Waals surface area contributed by atoms with Gasteiger partial charge in [0.25, 0.3) is 0 Å². The Morgan fingerprint density at radius 2 is 1.89 bits per heavy atom. The molecule has 1 aliphatic rings. The second kappa shape index (κ2) is 10.7. The van der Waals surface area contributed by atoms with Crippen molar-refractivity contribution in [1.29, 1.82) is 0 Å². The van der Waals surface area contributed by atoms with Crippen LogP contribution in [0.4, 0.5) is 33.3 Å². The summed E-state index contributed by atoms with van der Waals surface area (Å²) in [6.45, 7) is 0.939. The van der Waals surface area contributed by atoms with Crippen LogP contribution >= 0.6 is 11.8 Å². The van der Waals surface area contributed by atoms with Crippen LogP contribution in [0.3, 0.4) is 0 Å². The highest BCUT2D eigenvalue weighted by atomic mass is 32.2. The zero-order valence-electron chi connectivity index (χ0n) is 20.2. The third-order valence-corrected chi connectivity index (χ3v) is 8.76. The number of benzene rings is 2. The summed E-state index contributed by atoms with van der Waals surface area (Å²) in [7, 11) is -5.42. The molecule has 1 heterocycles. The van der Waals surface area contributed by atoms with Gasteiger partial charge in [-0.25, -0.2) is 21.6 Å². The van der Waals surface area contributed by atoms with Gasteiger partial charge in [0.05, 0.1) is 22.4 Å². The fourth-order valence-corrected chi connectivity index (χ4v) is 6.04. The van der Waals surface area contributed by atoms with Gasteiger partial charge in [0.1, 0.15) is 23.1 Å². The number of nitrogens with zero attached hydrogens (tertiary/aromatic N) is 1. The second-order valence-corrected chi connectivity index (χ2v) is 11.8. The molecular formula is C24H26F5NO5S2. The van der Waals surface area contributed by atoms with Gasteiger partial charge in [0.2, 0.25) is 15.8 Å². The quantitative estimate of drug-likeness (QED) is 0.285. The number of ether oxygens (including phenoxy) is 1. The maximum atomic E-state index is 15.6. The van der Waals surface area contributed by atoms with Crippen molar-refractivity contribution in [2.45, 2.75) is 47.7 Å². The molecule has 0 spiro atoms. The SMILES string of the molecule is CSc1cc2c(cc1OC[C@@H](C)C(=O)O)S(=O)(=O)C(F)(F)[C@@H](CCC(C)(F)F)CN2c1ccc(F)cc1. The Kier molecular flexibility index (Phi) is 8.38. The minimum Gasteiger partial charge on any atom is -0.491 e. The van der Waals surface area contributed by atoms with Gasteiger partial charge in [0.15, 0.2) is 0 Å². The highest BCUT2D eigenvalue weighted by Gasteiger charge is 2.56. The van der Waals surface area contributed by atoms with Gasteiger partial charge < -0.3 is 14.7 Å². The fraction of sp³-hybridized carbons (Fsp3) is 0.458. The van der Waals surface area contributed by atoms with E-state index in [2.05, 4.69) is 0 Å². The Morgan fingerprint density at radius 1 is 1.27 bits per heavy atom. The van der Waals surface area contributed by atoms with E-state index >= 15 is 8.78 Å². The molecule has 1 aliphatic heterocycles. The largest absolute Gasteiger partial charge is 0.491 e. The van der Waals surface area contributed by atoms with E-state index in [1.807, 2.05) is 0 Å². The predicted molar refractivity (Wildman–Crippen MR) is 129 cm³/mol. The van der Waals surface area contributed by atoms with Crippen molar-refractivity contribution in [2.75, 3.05) is 24.3 Å². The first-order valence-electron chi connectivity index (χ1n) is 11.2. The molecule has 0 saturated carbocycles. The van der Waals surface area contributed by atoms with Gasteiger partial charge in [-0.2, -0.15) is 8.78 Å². The average molecular weight is 568 g/mol. The standard InChI is InChI=1S/C24H26F5NO5S2/c1-14(22(31)32)13-35-19-11-21-18(10-20(19)36-3)30(17-6-4-16(25)5-7-17)12-15(8-9-23(2,26)27)24(28,29)37(21,33)34/h4-7,10-11,14-15H,8-9,12-13H2,1-3H3,(H,31,32)/t14-,15+/m1/s1. The van der Waals surface area contributed by atoms with E-state index < -0.39 is 68.9 Å². The smallest absolute Gasteiger partial charge is 0.354 e. The number of fused-ring (bicyclic) bond motifs is 1. The first-order valence-corrected chi connectivity index (χ1v) is 13.9. The predicted octanol–water partition coefficient (Wildman–Crippen LogP) is 6.22. The van der Waals surface area contributed by atoms with Crippen LogP contribution in [0.2, 0.25) is 0 Å². The van der Waals surface area contributed by atoms with Crippen LogP contribution in [-0.4, -0.2) is 50.1 Å². The fourth-order valence-electron chi connectivity index (χ4n) is 3.86. The summed E-state index contributed by atoms with van der Waals surface area (Å²) < 4.78 is 104. The van der Waals surface area contributed by atoms with Crippen molar-refractivity contribution in [2.24, 2.45) is 11.8 Å². The van der Waals surface area contributed by atoms with Gasteiger partial charge in [-0.3, -0.25) is 4.79 Å². The average Bonchev–Trinajstić information content (AvgIpc) is 2.87. The lowest BCUT2D eigenvalue weighted by Gasteiger charge is -2.30. The molecule has 2 aromatic rings. The Balaban J connectivity index is 2.22. The molecule has 37 heavy (non-hydrogen) atoms. The summed E-state index contributed by atoms with van der Waals surface area (Å²) in [4.78, 5) is 11.9. The number of halogens is 5. The summed E-state index contributed by atoms with van der Waals surface area (Å²) in [5, 5.41) is 4.70. The third kappa shape index (κ3) is 6.14. The van der Waals surface area contributed by atoms with E-state index in [0.717, 1.165) is 30.0 Å². The molecule has 3 rings (SSSR count). The number of anilines is 2. The van der Waals surface area contributed by atoms with Crippen molar-refractivity contribution in [3.8, 4) is 5.75 Å². The minimum absolute atomic E-state index is 0.115. The summed E-state index contributed by atoms with van der Waals surface area (Å²) in [5.74, 6) is -8.18. The molecule has 2 aromatic carbocycles. The van der Waals surface area contributed by atoms with Crippen molar-refractivity contribution in [1.82, 2.24) is 0 Å². The number of hydrogen-bond acceptors (Lipinski definition) is 6. The minimum atomic E-state index is -5.42. The summed E-state index contributed by atoms with van der Waals surface area (Å²) >= 11 is 1.11. The molecule has 1 N–H and O–H groups in total. The highest BCUT2D eigenvalue weighted by molar-refractivity contribution is 7.98. The van der Waals surface area contributed by atoms with E-state index in [1.54, 1.807) is 6.26 Å². The van der Waals surface area contributed by atoms with Gasteiger partial charge >= 0.3 is 11.2 Å². The molecule has 0 unspecified atom stereocenters. The molecule has 0 radical (unpaired) electrons. The second-order valence-electron chi connectivity index (χ2n) is 8.98. The summed E-state index contributed by atoms with van der Waals surface area (Å²) in [6.07, 6.45) is -0.131. The molecular weight excluding hydrogens is 541 g/mol. The van der Waals surface area contributed by atoms with Crippen LogP contribution in [0.25, 0.3) is 0 Å². The zero-order valence-corrected chi connectivity index (χ0v) is 21.8. The number of rotatable bonds is 9. The Morgan fingerprint density at radius 3 is 2.43 bits per heavy atom.